The normalized spacial score (nSPS) is 17.5. The Morgan fingerprint density at radius 1 is 1.25 bits per heavy atom. The average Bonchev–Trinajstić information content (AvgIpc) is 2.56. The fourth-order valence-electron chi connectivity index (χ4n) is 2.77. The Morgan fingerprint density at radius 2 is 1.88 bits per heavy atom. The van der Waals surface area contributed by atoms with Crippen LogP contribution in [0, 0.1) is 0 Å². The van der Waals surface area contributed by atoms with Gasteiger partial charge in [0.25, 0.3) is 0 Å². The standard InChI is InChI=1S/C17H23F3N2O2/c1-2-3-16(23)21-12-15(22-8-10-24-11-9-22)13-4-6-14(7-5-13)17(18,19)20/h4-7,15H,2-3,8-12H2,1H3,(H,21,23)/t15-/m0/s1. The first-order chi connectivity index (χ1) is 11.4. The summed E-state index contributed by atoms with van der Waals surface area (Å²) in [6.45, 7) is 4.85. The molecule has 0 spiro atoms. The van der Waals surface area contributed by atoms with Crippen LogP contribution >= 0.6 is 0 Å². The number of carbonyl (C=O) groups is 1. The maximum Gasteiger partial charge on any atom is 0.416 e. The SMILES string of the molecule is CCCC(=O)NC[C@@H](c1ccc(C(F)(F)F)cc1)N1CCOCC1. The van der Waals surface area contributed by atoms with Gasteiger partial charge in [-0.05, 0) is 24.1 Å². The van der Waals surface area contributed by atoms with Gasteiger partial charge in [-0.15, -0.1) is 0 Å². The monoisotopic (exact) mass is 344 g/mol. The highest BCUT2D eigenvalue weighted by molar-refractivity contribution is 5.75. The van der Waals surface area contributed by atoms with E-state index in [1.165, 1.54) is 12.1 Å². The summed E-state index contributed by atoms with van der Waals surface area (Å²) in [6, 6.07) is 5.02. The number of hydrogen-bond acceptors (Lipinski definition) is 3. The highest BCUT2D eigenvalue weighted by Gasteiger charge is 2.31. The summed E-state index contributed by atoms with van der Waals surface area (Å²) in [4.78, 5) is 13.9. The molecule has 1 fully saturated rings. The molecule has 1 aromatic carbocycles. The van der Waals surface area contributed by atoms with Crippen LogP contribution in [0.1, 0.15) is 36.9 Å². The molecule has 7 heteroatoms. The van der Waals surface area contributed by atoms with E-state index >= 15 is 0 Å². The van der Waals surface area contributed by atoms with Gasteiger partial charge in [0.05, 0.1) is 24.8 Å². The lowest BCUT2D eigenvalue weighted by atomic mass is 10.0. The van der Waals surface area contributed by atoms with Crippen molar-refractivity contribution in [2.75, 3.05) is 32.8 Å². The van der Waals surface area contributed by atoms with E-state index in [0.29, 0.717) is 39.3 Å². The first-order valence-corrected chi connectivity index (χ1v) is 8.17. The van der Waals surface area contributed by atoms with Crippen LogP contribution in [0.2, 0.25) is 0 Å². The van der Waals surface area contributed by atoms with E-state index in [0.717, 1.165) is 24.1 Å². The summed E-state index contributed by atoms with van der Waals surface area (Å²) in [6.07, 6.45) is -3.14. The minimum absolute atomic E-state index is 0.0392. The largest absolute Gasteiger partial charge is 0.416 e. The summed E-state index contributed by atoms with van der Waals surface area (Å²) in [5.41, 5.74) is 0.101. The van der Waals surface area contributed by atoms with Crippen molar-refractivity contribution in [1.29, 1.82) is 0 Å². The molecule has 24 heavy (non-hydrogen) atoms. The van der Waals surface area contributed by atoms with Crippen LogP contribution in [-0.2, 0) is 15.7 Å². The molecule has 1 saturated heterocycles. The third-order valence-corrected chi connectivity index (χ3v) is 4.08. The molecule has 1 N–H and O–H groups in total. The van der Waals surface area contributed by atoms with Gasteiger partial charge >= 0.3 is 6.18 Å². The van der Waals surface area contributed by atoms with Gasteiger partial charge in [0.2, 0.25) is 5.91 Å². The molecule has 134 valence electrons. The van der Waals surface area contributed by atoms with Gasteiger partial charge in [0, 0.05) is 26.1 Å². The van der Waals surface area contributed by atoms with Crippen molar-refractivity contribution < 1.29 is 22.7 Å². The lowest BCUT2D eigenvalue weighted by Gasteiger charge is -2.35. The minimum Gasteiger partial charge on any atom is -0.379 e. The minimum atomic E-state index is -4.34. The summed E-state index contributed by atoms with van der Waals surface area (Å²) in [5.74, 6) is -0.0392. The molecule has 1 atom stereocenters. The van der Waals surface area contributed by atoms with E-state index in [1.54, 1.807) is 0 Å². The average molecular weight is 344 g/mol. The maximum absolute atomic E-state index is 12.7. The highest BCUT2D eigenvalue weighted by atomic mass is 19.4. The van der Waals surface area contributed by atoms with Gasteiger partial charge in [0.1, 0.15) is 0 Å². The number of benzene rings is 1. The predicted octanol–water partition coefficient (Wildman–Crippen LogP) is 3.00. The second-order valence-electron chi connectivity index (χ2n) is 5.84. The van der Waals surface area contributed by atoms with Gasteiger partial charge < -0.3 is 10.1 Å². The van der Waals surface area contributed by atoms with Crippen LogP contribution in [-0.4, -0.2) is 43.7 Å². The van der Waals surface area contributed by atoms with Crippen molar-refractivity contribution >= 4 is 5.91 Å². The number of morpholine rings is 1. The molecule has 1 aliphatic heterocycles. The Bertz CT molecular complexity index is 526. The fraction of sp³-hybridized carbons (Fsp3) is 0.588. The molecule has 1 heterocycles. The second kappa shape index (κ2) is 8.48. The van der Waals surface area contributed by atoms with E-state index < -0.39 is 11.7 Å². The zero-order valence-corrected chi connectivity index (χ0v) is 13.7. The number of amides is 1. The lowest BCUT2D eigenvalue weighted by molar-refractivity contribution is -0.137. The molecule has 0 saturated carbocycles. The fourth-order valence-corrected chi connectivity index (χ4v) is 2.77. The Balaban J connectivity index is 2.13. The van der Waals surface area contributed by atoms with E-state index in [4.69, 9.17) is 4.74 Å². The van der Waals surface area contributed by atoms with Gasteiger partial charge in [0.15, 0.2) is 0 Å². The lowest BCUT2D eigenvalue weighted by Crippen LogP contribution is -2.43. The van der Waals surface area contributed by atoms with Crippen LogP contribution < -0.4 is 5.32 Å². The third kappa shape index (κ3) is 5.21. The molecule has 1 amide bonds. The van der Waals surface area contributed by atoms with E-state index in [1.807, 2.05) is 6.92 Å². The van der Waals surface area contributed by atoms with Crippen molar-refractivity contribution in [3.63, 3.8) is 0 Å². The second-order valence-corrected chi connectivity index (χ2v) is 5.84. The molecular weight excluding hydrogens is 321 g/mol. The van der Waals surface area contributed by atoms with E-state index in [9.17, 15) is 18.0 Å². The van der Waals surface area contributed by atoms with E-state index in [-0.39, 0.29) is 11.9 Å². The van der Waals surface area contributed by atoms with Crippen molar-refractivity contribution in [2.24, 2.45) is 0 Å². The van der Waals surface area contributed by atoms with E-state index in [2.05, 4.69) is 10.2 Å². The number of rotatable bonds is 6. The first kappa shape index (κ1) is 18.7. The van der Waals surface area contributed by atoms with Gasteiger partial charge in [-0.2, -0.15) is 13.2 Å². The number of alkyl halides is 3. The summed E-state index contributed by atoms with van der Waals surface area (Å²) in [5, 5.41) is 2.88. The number of carbonyl (C=O) groups excluding carboxylic acids is 1. The number of ether oxygens (including phenoxy) is 1. The number of hydrogen-bond donors (Lipinski definition) is 1. The molecule has 0 aliphatic carbocycles. The molecule has 0 unspecified atom stereocenters. The van der Waals surface area contributed by atoms with Crippen molar-refractivity contribution in [1.82, 2.24) is 10.2 Å². The van der Waals surface area contributed by atoms with Crippen LogP contribution in [0.5, 0.6) is 0 Å². The predicted molar refractivity (Wildman–Crippen MR) is 84.5 cm³/mol. The first-order valence-electron chi connectivity index (χ1n) is 8.17. The molecule has 2 rings (SSSR count). The maximum atomic E-state index is 12.7. The Kier molecular flexibility index (Phi) is 6.62. The molecule has 0 radical (unpaired) electrons. The Labute approximate surface area is 140 Å². The third-order valence-electron chi connectivity index (χ3n) is 4.08. The van der Waals surface area contributed by atoms with Gasteiger partial charge in [-0.3, -0.25) is 9.69 Å². The summed E-state index contributed by atoms with van der Waals surface area (Å²) >= 11 is 0. The molecule has 0 aromatic heterocycles. The van der Waals surface area contributed by atoms with Crippen LogP contribution in [0.3, 0.4) is 0 Å². The van der Waals surface area contributed by atoms with Crippen molar-refractivity contribution in [3.8, 4) is 0 Å². The number of halogens is 3. The summed E-state index contributed by atoms with van der Waals surface area (Å²) < 4.78 is 43.5. The quantitative estimate of drug-likeness (QED) is 0.863. The van der Waals surface area contributed by atoms with Gasteiger partial charge in [-0.1, -0.05) is 19.1 Å². The number of nitrogens with zero attached hydrogens (tertiary/aromatic N) is 1. The van der Waals surface area contributed by atoms with Crippen molar-refractivity contribution in [2.45, 2.75) is 32.0 Å². The van der Waals surface area contributed by atoms with Gasteiger partial charge in [-0.25, -0.2) is 0 Å². The summed E-state index contributed by atoms with van der Waals surface area (Å²) in [7, 11) is 0. The van der Waals surface area contributed by atoms with Crippen LogP contribution in [0.25, 0.3) is 0 Å². The Morgan fingerprint density at radius 3 is 2.42 bits per heavy atom. The topological polar surface area (TPSA) is 41.6 Å². The Hall–Kier alpha value is -1.60. The zero-order chi connectivity index (χ0) is 17.6. The molecule has 1 aromatic rings. The molecule has 0 bridgehead atoms. The zero-order valence-electron chi connectivity index (χ0n) is 13.7. The number of nitrogens with one attached hydrogen (secondary N) is 1. The smallest absolute Gasteiger partial charge is 0.379 e. The highest BCUT2D eigenvalue weighted by Crippen LogP contribution is 2.31. The molecular formula is C17H23F3N2O2. The molecule has 1 aliphatic rings. The van der Waals surface area contributed by atoms with Crippen LogP contribution in [0.4, 0.5) is 13.2 Å². The van der Waals surface area contributed by atoms with Crippen LogP contribution in [0.15, 0.2) is 24.3 Å². The van der Waals surface area contributed by atoms with Crippen molar-refractivity contribution in [3.05, 3.63) is 35.4 Å². The molecule has 4 nitrogen and oxygen atoms in total.